The van der Waals surface area contributed by atoms with Crippen molar-refractivity contribution in [2.45, 2.75) is 56.8 Å². The van der Waals surface area contributed by atoms with Crippen LogP contribution < -0.4 is 10.6 Å². The molecule has 0 bridgehead atoms. The Morgan fingerprint density at radius 3 is 2.27 bits per heavy atom. The molecular formula is C36H44N4O8. The lowest BCUT2D eigenvalue weighted by Gasteiger charge is -2.25. The summed E-state index contributed by atoms with van der Waals surface area (Å²) in [5.74, 6) is -1.95. The van der Waals surface area contributed by atoms with Crippen LogP contribution in [0.4, 0.5) is 0 Å². The molecule has 5 rings (SSSR count). The van der Waals surface area contributed by atoms with Gasteiger partial charge >= 0.3 is 0 Å². The molecule has 0 radical (unpaired) electrons. The zero-order valence-corrected chi connectivity index (χ0v) is 27.5. The number of rotatable bonds is 18. The van der Waals surface area contributed by atoms with Gasteiger partial charge in [0.05, 0.1) is 51.0 Å². The smallest absolute Gasteiger partial charge is 0.274 e. The third kappa shape index (κ3) is 9.89. The zero-order valence-electron chi connectivity index (χ0n) is 27.5. The molecule has 2 saturated heterocycles. The Kier molecular flexibility index (Phi) is 12.2. The lowest BCUT2D eigenvalue weighted by atomic mass is 9.92. The minimum Gasteiger partial charge on any atom is -0.384 e. The highest BCUT2D eigenvalue weighted by Crippen LogP contribution is 2.29. The third-order valence-corrected chi connectivity index (χ3v) is 8.73. The van der Waals surface area contributed by atoms with Crippen molar-refractivity contribution in [2.24, 2.45) is 5.92 Å². The average molecular weight is 661 g/mol. The van der Waals surface area contributed by atoms with Crippen LogP contribution in [0.3, 0.4) is 0 Å². The van der Waals surface area contributed by atoms with Crippen molar-refractivity contribution in [1.29, 1.82) is 0 Å². The number of ether oxygens (including phenoxy) is 3. The SMILES string of the molecule is COCC(CC(=O)C(CCc1ccccc1)NC(=O)c1cc(CN2CCOCC2)on1)C(=O)NC(Cc1ccccc1)C(=O)C1(C)CO1. The monoisotopic (exact) mass is 660 g/mol. The number of hydrogen-bond acceptors (Lipinski definition) is 10. The first kappa shape index (κ1) is 35.1. The van der Waals surface area contributed by atoms with Gasteiger partial charge in [-0.2, -0.15) is 0 Å². The van der Waals surface area contributed by atoms with Crippen LogP contribution in [-0.2, 0) is 48.0 Å². The second-order valence-electron chi connectivity index (χ2n) is 12.6. The van der Waals surface area contributed by atoms with Gasteiger partial charge in [-0.3, -0.25) is 24.1 Å². The van der Waals surface area contributed by atoms with Gasteiger partial charge in [0, 0.05) is 32.7 Å². The maximum Gasteiger partial charge on any atom is 0.274 e. The molecule has 4 atom stereocenters. The number of morpholine rings is 1. The topological polar surface area (TPSA) is 153 Å². The van der Waals surface area contributed by atoms with E-state index in [1.807, 2.05) is 60.7 Å². The summed E-state index contributed by atoms with van der Waals surface area (Å²) in [5.41, 5.74) is 1.00. The van der Waals surface area contributed by atoms with Crippen molar-refractivity contribution in [2.75, 3.05) is 46.6 Å². The molecule has 48 heavy (non-hydrogen) atoms. The van der Waals surface area contributed by atoms with Gasteiger partial charge in [0.15, 0.2) is 23.0 Å². The van der Waals surface area contributed by atoms with E-state index in [0.29, 0.717) is 38.4 Å². The van der Waals surface area contributed by atoms with E-state index in [1.165, 1.54) is 7.11 Å². The fourth-order valence-electron chi connectivity index (χ4n) is 5.76. The van der Waals surface area contributed by atoms with Crippen LogP contribution in [0.2, 0.25) is 0 Å². The van der Waals surface area contributed by atoms with E-state index in [9.17, 15) is 19.2 Å². The number of benzene rings is 2. The van der Waals surface area contributed by atoms with Gasteiger partial charge in [-0.1, -0.05) is 65.8 Å². The van der Waals surface area contributed by atoms with Crippen LogP contribution in [0, 0.1) is 5.92 Å². The molecule has 2 amide bonds. The highest BCUT2D eigenvalue weighted by molar-refractivity contribution is 5.99. The number of epoxide rings is 1. The number of nitrogens with one attached hydrogen (secondary N) is 2. The summed E-state index contributed by atoms with van der Waals surface area (Å²) >= 11 is 0. The number of ketones is 2. The fourth-order valence-corrected chi connectivity index (χ4v) is 5.76. The van der Waals surface area contributed by atoms with Crippen LogP contribution in [-0.4, -0.2) is 97.7 Å². The maximum atomic E-state index is 13.9. The first-order valence-electron chi connectivity index (χ1n) is 16.4. The molecule has 0 spiro atoms. The van der Waals surface area contributed by atoms with E-state index in [0.717, 1.165) is 24.2 Å². The first-order valence-corrected chi connectivity index (χ1v) is 16.4. The summed E-state index contributed by atoms with van der Waals surface area (Å²) in [6.07, 6.45) is 0.894. The number of Topliss-reactive ketones (excluding diaryl/α,β-unsaturated/α-hetero) is 2. The number of hydrogen-bond donors (Lipinski definition) is 2. The van der Waals surface area contributed by atoms with E-state index in [1.54, 1.807) is 13.0 Å². The second kappa shape index (κ2) is 16.7. The van der Waals surface area contributed by atoms with Crippen LogP contribution in [0.15, 0.2) is 71.3 Å². The Bertz CT molecular complexity index is 1520. The second-order valence-corrected chi connectivity index (χ2v) is 12.6. The molecule has 0 saturated carbocycles. The van der Waals surface area contributed by atoms with Crippen molar-refractivity contribution in [3.63, 3.8) is 0 Å². The van der Waals surface area contributed by atoms with Crippen molar-refractivity contribution in [1.82, 2.24) is 20.7 Å². The van der Waals surface area contributed by atoms with Crippen LogP contribution in [0.1, 0.15) is 47.1 Å². The summed E-state index contributed by atoms with van der Waals surface area (Å²) in [6, 6.07) is 18.8. The molecule has 2 N–H and O–H groups in total. The van der Waals surface area contributed by atoms with E-state index in [-0.39, 0.29) is 43.3 Å². The van der Waals surface area contributed by atoms with Gasteiger partial charge in [0.25, 0.3) is 5.91 Å². The predicted octanol–water partition coefficient (Wildman–Crippen LogP) is 2.55. The molecule has 0 aliphatic carbocycles. The molecule has 2 fully saturated rings. The summed E-state index contributed by atoms with van der Waals surface area (Å²) in [7, 11) is 1.45. The summed E-state index contributed by atoms with van der Waals surface area (Å²) in [5, 5.41) is 9.67. The molecular weight excluding hydrogens is 616 g/mol. The lowest BCUT2D eigenvalue weighted by molar-refractivity contribution is -0.135. The van der Waals surface area contributed by atoms with E-state index in [4.69, 9.17) is 18.7 Å². The predicted molar refractivity (Wildman–Crippen MR) is 175 cm³/mol. The average Bonchev–Trinajstić information content (AvgIpc) is 3.69. The molecule has 3 aromatic rings. The van der Waals surface area contributed by atoms with Crippen LogP contribution in [0.25, 0.3) is 0 Å². The number of carbonyl (C=O) groups excluding carboxylic acids is 4. The van der Waals surface area contributed by atoms with Gasteiger partial charge in [-0.25, -0.2) is 0 Å². The number of amides is 2. The van der Waals surface area contributed by atoms with Crippen molar-refractivity contribution < 1.29 is 37.9 Å². The Hall–Kier alpha value is -4.23. The number of carbonyl (C=O) groups is 4. The third-order valence-electron chi connectivity index (χ3n) is 8.73. The number of nitrogens with zero attached hydrogens (tertiary/aromatic N) is 2. The van der Waals surface area contributed by atoms with E-state index in [2.05, 4.69) is 20.7 Å². The van der Waals surface area contributed by atoms with Gasteiger partial charge in [0.1, 0.15) is 5.60 Å². The van der Waals surface area contributed by atoms with Gasteiger partial charge in [0.2, 0.25) is 5.91 Å². The molecule has 12 heteroatoms. The fraction of sp³-hybridized carbons (Fsp3) is 0.472. The highest BCUT2D eigenvalue weighted by atomic mass is 16.6. The molecule has 2 aromatic carbocycles. The minimum absolute atomic E-state index is 0.0505. The molecule has 256 valence electrons. The standard InChI is InChI=1S/C36H44N4O8/c1-36(24-47-36)33(42)30(19-26-11-7-4-8-12-26)38-34(43)27(23-45-2)20-32(41)29(14-13-25-9-5-3-6-10-25)37-35(44)31-21-28(48-39-31)22-40-15-17-46-18-16-40/h3-12,21,27,29-30H,13-20,22-24H2,1-2H3,(H,37,44)(H,38,43). The Balaban J connectivity index is 1.27. The number of aromatic nitrogens is 1. The van der Waals surface area contributed by atoms with Gasteiger partial charge < -0.3 is 29.4 Å². The minimum atomic E-state index is -0.949. The lowest BCUT2D eigenvalue weighted by Crippen LogP contribution is -2.50. The highest BCUT2D eigenvalue weighted by Gasteiger charge is 2.50. The van der Waals surface area contributed by atoms with E-state index >= 15 is 0 Å². The van der Waals surface area contributed by atoms with Crippen molar-refractivity contribution in [3.8, 4) is 0 Å². The summed E-state index contributed by atoms with van der Waals surface area (Å²) < 4.78 is 21.6. The first-order chi connectivity index (χ1) is 23.2. The van der Waals surface area contributed by atoms with E-state index < -0.39 is 35.4 Å². The molecule has 1 aromatic heterocycles. The van der Waals surface area contributed by atoms with Crippen LogP contribution in [0.5, 0.6) is 0 Å². The summed E-state index contributed by atoms with van der Waals surface area (Å²) in [4.78, 5) is 56.4. The Labute approximate surface area is 280 Å². The largest absolute Gasteiger partial charge is 0.384 e. The molecule has 2 aliphatic heterocycles. The Morgan fingerprint density at radius 1 is 0.958 bits per heavy atom. The van der Waals surface area contributed by atoms with Gasteiger partial charge in [-0.15, -0.1) is 0 Å². The quantitative estimate of drug-likeness (QED) is 0.195. The number of aryl methyl sites for hydroxylation is 1. The molecule has 12 nitrogen and oxygen atoms in total. The van der Waals surface area contributed by atoms with Crippen LogP contribution >= 0.6 is 0 Å². The van der Waals surface area contributed by atoms with Crippen molar-refractivity contribution >= 4 is 23.4 Å². The molecule has 3 heterocycles. The van der Waals surface area contributed by atoms with Gasteiger partial charge in [-0.05, 0) is 37.3 Å². The maximum absolute atomic E-state index is 13.9. The number of methoxy groups -OCH3 is 1. The summed E-state index contributed by atoms with van der Waals surface area (Å²) in [6.45, 7) is 5.20. The Morgan fingerprint density at radius 2 is 1.62 bits per heavy atom. The zero-order chi connectivity index (χ0) is 33.9. The van der Waals surface area contributed by atoms with Crippen molar-refractivity contribution in [3.05, 3.63) is 89.3 Å². The molecule has 4 unspecified atom stereocenters. The molecule has 2 aliphatic rings. The normalized spacial score (nSPS) is 19.5.